The third kappa shape index (κ3) is 3.14. The lowest BCUT2D eigenvalue weighted by atomic mass is 9.85. The first-order valence-corrected chi connectivity index (χ1v) is 9.42. The second kappa shape index (κ2) is 6.70. The van der Waals surface area contributed by atoms with E-state index in [1.54, 1.807) is 11.3 Å². The van der Waals surface area contributed by atoms with Crippen LogP contribution in [0.5, 0.6) is 0 Å². The number of nitrogens with one attached hydrogen (secondary N) is 1. The number of anilines is 1. The lowest BCUT2D eigenvalue weighted by Gasteiger charge is -2.30. The Bertz CT molecular complexity index is 797. The minimum Gasteiger partial charge on any atom is -0.396 e. The van der Waals surface area contributed by atoms with Crippen molar-refractivity contribution in [1.82, 2.24) is 14.6 Å². The van der Waals surface area contributed by atoms with Crippen molar-refractivity contribution >= 4 is 33.0 Å². The normalized spacial score (nSPS) is 21.2. The monoisotopic (exact) mass is 362 g/mol. The van der Waals surface area contributed by atoms with Crippen molar-refractivity contribution in [2.75, 3.05) is 11.9 Å². The molecular formula is C17H19ClN4OS. The summed E-state index contributed by atoms with van der Waals surface area (Å²) in [6.45, 7) is 0.237. The number of benzene rings is 1. The molecule has 5 nitrogen and oxygen atoms in total. The molecule has 7 heteroatoms. The van der Waals surface area contributed by atoms with Crippen LogP contribution in [0.15, 0.2) is 30.5 Å². The minimum atomic E-state index is 0.237. The maximum Gasteiger partial charge on any atom is 0.214 e. The first-order valence-electron chi connectivity index (χ1n) is 8.22. The molecule has 0 bridgehead atoms. The van der Waals surface area contributed by atoms with Gasteiger partial charge in [0.05, 0.1) is 11.9 Å². The van der Waals surface area contributed by atoms with E-state index in [2.05, 4.69) is 15.4 Å². The van der Waals surface area contributed by atoms with Crippen LogP contribution in [0.3, 0.4) is 0 Å². The number of aliphatic hydroxyl groups excluding tert-OH is 1. The van der Waals surface area contributed by atoms with Crippen LogP contribution in [0.2, 0.25) is 5.02 Å². The van der Waals surface area contributed by atoms with Gasteiger partial charge in [-0.05, 0) is 25.0 Å². The van der Waals surface area contributed by atoms with E-state index in [0.717, 1.165) is 39.2 Å². The second-order valence-electron chi connectivity index (χ2n) is 6.25. The van der Waals surface area contributed by atoms with Crippen LogP contribution in [0.4, 0.5) is 5.13 Å². The summed E-state index contributed by atoms with van der Waals surface area (Å²) in [5.74, 6) is 0.319. The van der Waals surface area contributed by atoms with E-state index in [4.69, 9.17) is 11.6 Å². The molecule has 2 N–H and O–H groups in total. The van der Waals surface area contributed by atoms with Crippen LogP contribution in [0.1, 0.15) is 25.7 Å². The number of halogens is 1. The first-order chi connectivity index (χ1) is 11.7. The number of hydrogen-bond donors (Lipinski definition) is 2. The Kier molecular flexibility index (Phi) is 4.43. The van der Waals surface area contributed by atoms with E-state index in [9.17, 15) is 5.11 Å². The van der Waals surface area contributed by atoms with Gasteiger partial charge < -0.3 is 10.4 Å². The zero-order valence-electron chi connectivity index (χ0n) is 13.2. The lowest BCUT2D eigenvalue weighted by molar-refractivity contribution is 0.178. The highest BCUT2D eigenvalue weighted by molar-refractivity contribution is 7.20. The molecule has 1 aliphatic carbocycles. The average Bonchev–Trinajstić information content (AvgIpc) is 3.14. The highest BCUT2D eigenvalue weighted by Crippen LogP contribution is 2.30. The van der Waals surface area contributed by atoms with Crippen molar-refractivity contribution < 1.29 is 5.11 Å². The van der Waals surface area contributed by atoms with Crippen LogP contribution in [0.25, 0.3) is 16.2 Å². The molecule has 2 aromatic heterocycles. The highest BCUT2D eigenvalue weighted by atomic mass is 35.5. The highest BCUT2D eigenvalue weighted by Gasteiger charge is 2.25. The predicted molar refractivity (Wildman–Crippen MR) is 97.8 cm³/mol. The Morgan fingerprint density at radius 2 is 2.04 bits per heavy atom. The number of fused-ring (bicyclic) bond motifs is 1. The van der Waals surface area contributed by atoms with Gasteiger partial charge in [-0.25, -0.2) is 9.50 Å². The summed E-state index contributed by atoms with van der Waals surface area (Å²) in [5, 5.41) is 19.2. The average molecular weight is 363 g/mol. The van der Waals surface area contributed by atoms with Gasteiger partial charge in [-0.1, -0.05) is 47.9 Å². The first kappa shape index (κ1) is 15.9. The molecule has 2 unspecified atom stereocenters. The van der Waals surface area contributed by atoms with Crippen molar-refractivity contribution in [2.24, 2.45) is 5.92 Å². The van der Waals surface area contributed by atoms with Crippen LogP contribution < -0.4 is 5.32 Å². The third-order valence-electron chi connectivity index (χ3n) is 4.64. The summed E-state index contributed by atoms with van der Waals surface area (Å²) >= 11 is 7.48. The maximum absolute atomic E-state index is 9.54. The molecule has 1 aliphatic rings. The van der Waals surface area contributed by atoms with E-state index in [1.807, 2.05) is 35.0 Å². The molecule has 1 aromatic carbocycles. The summed E-state index contributed by atoms with van der Waals surface area (Å²) in [6, 6.07) is 7.95. The minimum absolute atomic E-state index is 0.237. The van der Waals surface area contributed by atoms with Gasteiger partial charge in [0, 0.05) is 29.2 Å². The molecule has 4 rings (SSSR count). The summed E-state index contributed by atoms with van der Waals surface area (Å²) in [7, 11) is 0. The molecule has 1 saturated carbocycles. The fourth-order valence-electron chi connectivity index (χ4n) is 3.29. The number of nitrogens with zero attached hydrogens (tertiary/aromatic N) is 3. The van der Waals surface area contributed by atoms with Crippen LogP contribution in [0, 0.1) is 5.92 Å². The Balaban J connectivity index is 1.54. The van der Waals surface area contributed by atoms with Crippen molar-refractivity contribution in [3.8, 4) is 11.3 Å². The van der Waals surface area contributed by atoms with Crippen LogP contribution >= 0.6 is 22.9 Å². The number of rotatable bonds is 4. The van der Waals surface area contributed by atoms with Crippen molar-refractivity contribution in [1.29, 1.82) is 0 Å². The van der Waals surface area contributed by atoms with Crippen LogP contribution in [-0.2, 0) is 0 Å². The quantitative estimate of drug-likeness (QED) is 0.734. The molecule has 0 radical (unpaired) electrons. The summed E-state index contributed by atoms with van der Waals surface area (Å²) < 4.78 is 1.81. The Labute approximate surface area is 149 Å². The Morgan fingerprint density at radius 1 is 1.25 bits per heavy atom. The largest absolute Gasteiger partial charge is 0.396 e. The molecule has 24 heavy (non-hydrogen) atoms. The van der Waals surface area contributed by atoms with Gasteiger partial charge in [0.15, 0.2) is 0 Å². The van der Waals surface area contributed by atoms with E-state index < -0.39 is 0 Å². The molecule has 0 aliphatic heterocycles. The zero-order valence-corrected chi connectivity index (χ0v) is 14.7. The van der Waals surface area contributed by atoms with Crippen molar-refractivity contribution in [2.45, 2.75) is 31.7 Å². The van der Waals surface area contributed by atoms with E-state index in [-0.39, 0.29) is 6.61 Å². The zero-order chi connectivity index (χ0) is 16.5. The molecule has 2 atom stereocenters. The summed E-state index contributed by atoms with van der Waals surface area (Å²) in [4.78, 5) is 5.51. The van der Waals surface area contributed by atoms with Gasteiger partial charge in [-0.3, -0.25) is 0 Å². The second-order valence-corrected chi connectivity index (χ2v) is 7.64. The van der Waals surface area contributed by atoms with Gasteiger partial charge in [0.1, 0.15) is 0 Å². The van der Waals surface area contributed by atoms with Crippen molar-refractivity contribution in [3.05, 3.63) is 35.5 Å². The molecule has 126 valence electrons. The van der Waals surface area contributed by atoms with Crippen molar-refractivity contribution in [3.63, 3.8) is 0 Å². The Morgan fingerprint density at radius 3 is 2.79 bits per heavy atom. The third-order valence-corrected chi connectivity index (χ3v) is 5.74. The smallest absolute Gasteiger partial charge is 0.214 e. The predicted octanol–water partition coefficient (Wildman–Crippen LogP) is 4.07. The summed E-state index contributed by atoms with van der Waals surface area (Å²) in [5.41, 5.74) is 1.92. The number of hydrogen-bond acceptors (Lipinski definition) is 5. The van der Waals surface area contributed by atoms with E-state index in [1.165, 1.54) is 12.8 Å². The van der Waals surface area contributed by atoms with E-state index >= 15 is 0 Å². The fourth-order valence-corrected chi connectivity index (χ4v) is 4.26. The van der Waals surface area contributed by atoms with Gasteiger partial charge in [-0.2, -0.15) is 0 Å². The maximum atomic E-state index is 9.54. The molecular weight excluding hydrogens is 344 g/mol. The summed E-state index contributed by atoms with van der Waals surface area (Å²) in [6.07, 6.45) is 6.51. The number of imidazole rings is 1. The van der Waals surface area contributed by atoms with Gasteiger partial charge >= 0.3 is 0 Å². The van der Waals surface area contributed by atoms with Gasteiger partial charge in [0.2, 0.25) is 10.1 Å². The lowest BCUT2D eigenvalue weighted by Crippen LogP contribution is -2.34. The molecule has 0 amide bonds. The standard InChI is InChI=1S/C17H19ClN4OS/c18-13-7-5-11(6-8-13)15-9-22-17(20-15)24-16(21-22)19-14-4-2-1-3-12(14)10-23/h5-9,12,14,23H,1-4,10H2,(H,19,21). The molecule has 1 fully saturated rings. The number of aliphatic hydroxyl groups is 1. The SMILES string of the molecule is OCC1CCCCC1Nc1nn2cc(-c3ccc(Cl)cc3)nc2s1. The fraction of sp³-hybridized carbons (Fsp3) is 0.412. The van der Waals surface area contributed by atoms with Gasteiger partial charge in [0.25, 0.3) is 0 Å². The topological polar surface area (TPSA) is 62.5 Å². The van der Waals surface area contributed by atoms with E-state index in [0.29, 0.717) is 12.0 Å². The molecule has 2 heterocycles. The molecule has 3 aromatic rings. The van der Waals surface area contributed by atoms with Crippen LogP contribution in [-0.4, -0.2) is 32.4 Å². The Hall–Kier alpha value is -1.63. The molecule has 0 spiro atoms. The van der Waals surface area contributed by atoms with Gasteiger partial charge in [-0.15, -0.1) is 5.10 Å². The number of aromatic nitrogens is 3. The molecule has 0 saturated heterocycles.